The van der Waals surface area contributed by atoms with Crippen molar-refractivity contribution in [3.63, 3.8) is 0 Å². The molecule has 0 aliphatic carbocycles. The molecule has 2 aromatic rings. The van der Waals surface area contributed by atoms with E-state index in [9.17, 15) is 18.4 Å². The van der Waals surface area contributed by atoms with Gasteiger partial charge in [0.2, 0.25) is 0 Å². The molecule has 3 rings (SSSR count). The van der Waals surface area contributed by atoms with Crippen LogP contribution in [0.3, 0.4) is 0 Å². The smallest absolute Gasteiger partial charge is 0.337 e. The van der Waals surface area contributed by atoms with Gasteiger partial charge in [-0.25, -0.2) is 18.4 Å². The maximum absolute atomic E-state index is 14.6. The summed E-state index contributed by atoms with van der Waals surface area (Å²) in [6.45, 7) is 1.12. The molecule has 0 aromatic heterocycles. The number of halogens is 3. The Balaban J connectivity index is 1.93. The molecule has 2 aromatic carbocycles. The van der Waals surface area contributed by atoms with Crippen molar-refractivity contribution in [3.05, 3.63) is 64.2 Å². The number of urea groups is 1. The van der Waals surface area contributed by atoms with Gasteiger partial charge in [-0.05, 0) is 49.6 Å². The van der Waals surface area contributed by atoms with E-state index < -0.39 is 17.6 Å². The third kappa shape index (κ3) is 4.85. The van der Waals surface area contributed by atoms with Crippen molar-refractivity contribution < 1.29 is 23.1 Å². The van der Waals surface area contributed by atoms with Gasteiger partial charge in [0.1, 0.15) is 11.6 Å². The van der Waals surface area contributed by atoms with Crippen molar-refractivity contribution >= 4 is 29.3 Å². The molecule has 2 amide bonds. The number of piperidine rings is 1. The maximum Gasteiger partial charge on any atom is 0.337 e. The topological polar surface area (TPSA) is 49.9 Å². The van der Waals surface area contributed by atoms with Gasteiger partial charge in [0.05, 0.1) is 24.2 Å². The van der Waals surface area contributed by atoms with Gasteiger partial charge in [0.25, 0.3) is 0 Å². The highest BCUT2D eigenvalue weighted by Gasteiger charge is 2.25. The van der Waals surface area contributed by atoms with Crippen molar-refractivity contribution in [2.45, 2.75) is 25.8 Å². The van der Waals surface area contributed by atoms with Gasteiger partial charge in [-0.1, -0.05) is 17.7 Å². The highest BCUT2D eigenvalue weighted by molar-refractivity contribution is 6.31. The Labute approximate surface area is 172 Å². The molecule has 29 heavy (non-hydrogen) atoms. The van der Waals surface area contributed by atoms with Gasteiger partial charge in [0, 0.05) is 24.3 Å². The third-order valence-electron chi connectivity index (χ3n) is 4.87. The van der Waals surface area contributed by atoms with Crippen LogP contribution in [0.5, 0.6) is 0 Å². The molecular formula is C21H21ClF2N2O3. The van der Waals surface area contributed by atoms with Crippen LogP contribution in [0.25, 0.3) is 0 Å². The van der Waals surface area contributed by atoms with Crippen LogP contribution in [-0.4, -0.2) is 37.1 Å². The number of rotatable bonds is 4. The average molecular weight is 423 g/mol. The van der Waals surface area contributed by atoms with Crippen molar-refractivity contribution in [1.82, 2.24) is 4.90 Å². The lowest BCUT2D eigenvalue weighted by molar-refractivity contribution is 0.0600. The number of ether oxygens (including phenoxy) is 1. The van der Waals surface area contributed by atoms with Crippen molar-refractivity contribution in [2.24, 2.45) is 0 Å². The van der Waals surface area contributed by atoms with Crippen LogP contribution < -0.4 is 4.90 Å². The summed E-state index contributed by atoms with van der Waals surface area (Å²) in [5.74, 6) is -1.89. The summed E-state index contributed by atoms with van der Waals surface area (Å²) < 4.78 is 32.8. The fraction of sp³-hybridized carbons (Fsp3) is 0.333. The zero-order chi connectivity index (χ0) is 21.0. The minimum absolute atomic E-state index is 0.0764. The fourth-order valence-electron chi connectivity index (χ4n) is 3.27. The second-order valence-corrected chi connectivity index (χ2v) is 7.22. The molecule has 1 saturated heterocycles. The first-order chi connectivity index (χ1) is 13.9. The van der Waals surface area contributed by atoms with E-state index in [0.29, 0.717) is 18.8 Å². The molecule has 154 valence electrons. The van der Waals surface area contributed by atoms with E-state index >= 15 is 0 Å². The summed E-state index contributed by atoms with van der Waals surface area (Å²) in [4.78, 5) is 27.8. The molecule has 1 aliphatic rings. The number of esters is 1. The highest BCUT2D eigenvalue weighted by Crippen LogP contribution is 2.27. The molecule has 0 atom stereocenters. The van der Waals surface area contributed by atoms with E-state index in [-0.39, 0.29) is 28.7 Å². The molecule has 1 aliphatic heterocycles. The number of amides is 2. The highest BCUT2D eigenvalue weighted by atomic mass is 35.5. The molecule has 0 saturated carbocycles. The first-order valence-corrected chi connectivity index (χ1v) is 9.66. The molecule has 0 N–H and O–H groups in total. The van der Waals surface area contributed by atoms with Gasteiger partial charge in [0.15, 0.2) is 0 Å². The summed E-state index contributed by atoms with van der Waals surface area (Å²) in [5, 5.41) is -0.125. The zero-order valence-electron chi connectivity index (χ0n) is 16.0. The lowest BCUT2D eigenvalue weighted by Gasteiger charge is -2.33. The Morgan fingerprint density at radius 3 is 2.41 bits per heavy atom. The lowest BCUT2D eigenvalue weighted by atomic mass is 10.1. The van der Waals surface area contributed by atoms with Crippen LogP contribution in [0.2, 0.25) is 5.02 Å². The van der Waals surface area contributed by atoms with Crippen LogP contribution in [0.15, 0.2) is 36.4 Å². The molecular weight excluding hydrogens is 402 g/mol. The average Bonchev–Trinajstić information content (AvgIpc) is 2.74. The normalized spacial score (nSPS) is 13.9. The predicted molar refractivity (Wildman–Crippen MR) is 106 cm³/mol. The number of hydrogen-bond donors (Lipinski definition) is 0. The number of likely N-dealkylation sites (tertiary alicyclic amines) is 1. The van der Waals surface area contributed by atoms with Crippen LogP contribution in [0.1, 0.15) is 35.2 Å². The predicted octanol–water partition coefficient (Wildman–Crippen LogP) is 5.02. The first kappa shape index (κ1) is 21.0. The van der Waals surface area contributed by atoms with E-state index in [0.717, 1.165) is 25.3 Å². The maximum atomic E-state index is 14.6. The Hall–Kier alpha value is -2.67. The summed E-state index contributed by atoms with van der Waals surface area (Å²) in [7, 11) is 1.21. The quantitative estimate of drug-likeness (QED) is 0.650. The standard InChI is InChI=1S/C21H21ClF2N2O3/c1-29-20(27)14-5-6-15(19(24)11-14)13-26(16-7-8-18(23)17(22)12-16)21(28)25-9-3-2-4-10-25/h5-8,11-12H,2-4,9-10,13H2,1H3. The molecule has 0 radical (unpaired) electrons. The monoisotopic (exact) mass is 422 g/mol. The molecule has 8 heteroatoms. The molecule has 0 spiro atoms. The van der Waals surface area contributed by atoms with Gasteiger partial charge in [-0.15, -0.1) is 0 Å². The van der Waals surface area contributed by atoms with Gasteiger partial charge in [-0.3, -0.25) is 4.90 Å². The lowest BCUT2D eigenvalue weighted by Crippen LogP contribution is -2.45. The number of benzene rings is 2. The molecule has 1 heterocycles. The van der Waals surface area contributed by atoms with E-state index in [4.69, 9.17) is 11.6 Å². The largest absolute Gasteiger partial charge is 0.465 e. The van der Waals surface area contributed by atoms with Gasteiger partial charge < -0.3 is 9.64 Å². The Morgan fingerprint density at radius 2 is 1.79 bits per heavy atom. The zero-order valence-corrected chi connectivity index (χ0v) is 16.7. The van der Waals surface area contributed by atoms with Crippen LogP contribution in [0, 0.1) is 11.6 Å². The Bertz CT molecular complexity index is 917. The summed E-state index contributed by atoms with van der Waals surface area (Å²) in [5.41, 5.74) is 0.652. The molecule has 0 unspecified atom stereocenters. The summed E-state index contributed by atoms with van der Waals surface area (Å²) in [6.07, 6.45) is 2.84. The van der Waals surface area contributed by atoms with E-state index in [1.54, 1.807) is 4.90 Å². The van der Waals surface area contributed by atoms with Gasteiger partial charge in [-0.2, -0.15) is 0 Å². The minimum Gasteiger partial charge on any atom is -0.465 e. The molecule has 1 fully saturated rings. The number of nitrogens with zero attached hydrogens (tertiary/aromatic N) is 2. The number of hydrogen-bond acceptors (Lipinski definition) is 3. The van der Waals surface area contributed by atoms with E-state index in [1.165, 1.54) is 42.3 Å². The SMILES string of the molecule is COC(=O)c1ccc(CN(C(=O)N2CCCCC2)c2ccc(F)c(Cl)c2)c(F)c1. The van der Waals surface area contributed by atoms with Crippen LogP contribution >= 0.6 is 11.6 Å². The van der Waals surface area contributed by atoms with Crippen LogP contribution in [-0.2, 0) is 11.3 Å². The second-order valence-electron chi connectivity index (χ2n) is 6.81. The van der Waals surface area contributed by atoms with Gasteiger partial charge >= 0.3 is 12.0 Å². The Kier molecular flexibility index (Phi) is 6.69. The summed E-state index contributed by atoms with van der Waals surface area (Å²) >= 11 is 5.90. The third-order valence-corrected chi connectivity index (χ3v) is 5.16. The first-order valence-electron chi connectivity index (χ1n) is 9.29. The Morgan fingerprint density at radius 1 is 1.07 bits per heavy atom. The minimum atomic E-state index is -0.651. The number of carbonyl (C=O) groups is 2. The number of methoxy groups -OCH3 is 1. The summed E-state index contributed by atoms with van der Waals surface area (Å²) in [6, 6.07) is 7.59. The number of carbonyl (C=O) groups excluding carboxylic acids is 2. The van der Waals surface area contributed by atoms with Crippen molar-refractivity contribution in [3.8, 4) is 0 Å². The van der Waals surface area contributed by atoms with E-state index in [2.05, 4.69) is 4.74 Å². The molecule has 5 nitrogen and oxygen atoms in total. The fourth-order valence-corrected chi connectivity index (χ4v) is 3.44. The number of anilines is 1. The van der Waals surface area contributed by atoms with Crippen molar-refractivity contribution in [1.29, 1.82) is 0 Å². The second kappa shape index (κ2) is 9.22. The van der Waals surface area contributed by atoms with E-state index in [1.807, 2.05) is 0 Å². The molecule has 0 bridgehead atoms. The van der Waals surface area contributed by atoms with Crippen molar-refractivity contribution in [2.75, 3.05) is 25.1 Å². The van der Waals surface area contributed by atoms with Crippen LogP contribution in [0.4, 0.5) is 19.3 Å².